The smallest absolute Gasteiger partial charge is 0.276 e. The fraction of sp³-hybridized carbons (Fsp3) is 0.357. The van der Waals surface area contributed by atoms with E-state index < -0.39 is 0 Å². The highest BCUT2D eigenvalue weighted by atomic mass is 32.1. The maximum Gasteiger partial charge on any atom is 0.276 e. The highest BCUT2D eigenvalue weighted by molar-refractivity contribution is 7.10. The van der Waals surface area contributed by atoms with Crippen molar-refractivity contribution in [2.75, 3.05) is 23.3 Å². The van der Waals surface area contributed by atoms with Crippen molar-refractivity contribution < 1.29 is 4.79 Å². The number of nitrogens with zero attached hydrogens (tertiary/aromatic N) is 5. The first-order valence-electron chi connectivity index (χ1n) is 6.95. The summed E-state index contributed by atoms with van der Waals surface area (Å²) in [4.78, 5) is 14.3. The van der Waals surface area contributed by atoms with Crippen molar-refractivity contribution in [1.82, 2.24) is 14.6 Å². The van der Waals surface area contributed by atoms with E-state index in [2.05, 4.69) is 24.8 Å². The SMILES string of the molecule is Cc1nsc(NC(=O)c2ccc(N3CCCC3)nn2)c1C#N. The van der Waals surface area contributed by atoms with Gasteiger partial charge in [-0.2, -0.15) is 9.64 Å². The minimum Gasteiger partial charge on any atom is -0.355 e. The monoisotopic (exact) mass is 314 g/mol. The van der Waals surface area contributed by atoms with Gasteiger partial charge in [-0.3, -0.25) is 4.79 Å². The molecule has 2 aromatic heterocycles. The number of carbonyl (C=O) groups is 1. The van der Waals surface area contributed by atoms with Crippen molar-refractivity contribution >= 4 is 28.3 Å². The molecular formula is C14H14N6OS. The fourth-order valence-corrected chi connectivity index (χ4v) is 3.06. The zero-order valence-corrected chi connectivity index (χ0v) is 12.9. The molecule has 0 aromatic carbocycles. The molecule has 1 amide bonds. The van der Waals surface area contributed by atoms with E-state index in [0.717, 1.165) is 43.3 Å². The lowest BCUT2D eigenvalue weighted by Crippen LogP contribution is -2.21. The van der Waals surface area contributed by atoms with Gasteiger partial charge in [0.25, 0.3) is 5.91 Å². The largest absolute Gasteiger partial charge is 0.355 e. The highest BCUT2D eigenvalue weighted by Crippen LogP contribution is 2.24. The van der Waals surface area contributed by atoms with E-state index in [1.165, 1.54) is 0 Å². The van der Waals surface area contributed by atoms with Gasteiger partial charge in [-0.1, -0.05) is 0 Å². The number of carbonyl (C=O) groups excluding carboxylic acids is 1. The van der Waals surface area contributed by atoms with Gasteiger partial charge in [-0.25, -0.2) is 0 Å². The van der Waals surface area contributed by atoms with E-state index in [1.54, 1.807) is 19.1 Å². The van der Waals surface area contributed by atoms with Crippen LogP contribution in [0.3, 0.4) is 0 Å². The molecule has 0 radical (unpaired) electrons. The first-order valence-corrected chi connectivity index (χ1v) is 7.73. The van der Waals surface area contributed by atoms with Crippen molar-refractivity contribution in [3.05, 3.63) is 29.1 Å². The number of hydrogen-bond donors (Lipinski definition) is 1. The summed E-state index contributed by atoms with van der Waals surface area (Å²) in [5, 5.41) is 20.3. The molecule has 7 nitrogen and oxygen atoms in total. The number of amides is 1. The summed E-state index contributed by atoms with van der Waals surface area (Å²) < 4.78 is 4.06. The van der Waals surface area contributed by atoms with Gasteiger partial charge < -0.3 is 10.2 Å². The van der Waals surface area contributed by atoms with E-state index in [1.807, 2.05) is 6.07 Å². The Morgan fingerprint density at radius 2 is 2.14 bits per heavy atom. The maximum absolute atomic E-state index is 12.2. The van der Waals surface area contributed by atoms with Gasteiger partial charge in [-0.15, -0.1) is 10.2 Å². The number of aromatic nitrogens is 3. The van der Waals surface area contributed by atoms with Crippen LogP contribution in [0.25, 0.3) is 0 Å². The molecular weight excluding hydrogens is 300 g/mol. The Bertz CT molecular complexity index is 727. The molecule has 0 unspecified atom stereocenters. The van der Waals surface area contributed by atoms with Gasteiger partial charge in [0.15, 0.2) is 11.5 Å². The third kappa shape index (κ3) is 2.76. The van der Waals surface area contributed by atoms with Gasteiger partial charge in [0.2, 0.25) is 0 Å². The Kier molecular flexibility index (Phi) is 3.98. The molecule has 1 aliphatic heterocycles. The van der Waals surface area contributed by atoms with Gasteiger partial charge in [-0.05, 0) is 43.4 Å². The summed E-state index contributed by atoms with van der Waals surface area (Å²) in [6, 6.07) is 5.49. The Labute approximate surface area is 131 Å². The van der Waals surface area contributed by atoms with E-state index in [0.29, 0.717) is 16.3 Å². The zero-order chi connectivity index (χ0) is 15.5. The first-order chi connectivity index (χ1) is 10.7. The van der Waals surface area contributed by atoms with Gasteiger partial charge >= 0.3 is 0 Å². The normalized spacial score (nSPS) is 13.9. The Morgan fingerprint density at radius 3 is 2.77 bits per heavy atom. The van der Waals surface area contributed by atoms with Crippen molar-refractivity contribution in [1.29, 1.82) is 5.26 Å². The van der Waals surface area contributed by atoms with Crippen LogP contribution in [-0.4, -0.2) is 33.6 Å². The molecule has 0 aliphatic carbocycles. The van der Waals surface area contributed by atoms with Crippen LogP contribution in [0.1, 0.15) is 34.6 Å². The van der Waals surface area contributed by atoms with Crippen LogP contribution in [0.15, 0.2) is 12.1 Å². The summed E-state index contributed by atoms with van der Waals surface area (Å²) in [6.07, 6.45) is 2.32. The second-order valence-corrected chi connectivity index (χ2v) is 5.78. The molecule has 0 saturated carbocycles. The molecule has 1 N–H and O–H groups in total. The average Bonchev–Trinajstić information content (AvgIpc) is 3.18. The molecule has 1 saturated heterocycles. The van der Waals surface area contributed by atoms with Crippen molar-refractivity contribution in [3.63, 3.8) is 0 Å². The maximum atomic E-state index is 12.2. The van der Waals surface area contributed by atoms with Crippen LogP contribution in [0.5, 0.6) is 0 Å². The molecule has 22 heavy (non-hydrogen) atoms. The van der Waals surface area contributed by atoms with Crippen molar-refractivity contribution in [2.45, 2.75) is 19.8 Å². The minimum atomic E-state index is -0.388. The van der Waals surface area contributed by atoms with Crippen LogP contribution in [0, 0.1) is 18.3 Å². The van der Waals surface area contributed by atoms with Crippen LogP contribution >= 0.6 is 11.5 Å². The number of anilines is 2. The van der Waals surface area contributed by atoms with Crippen molar-refractivity contribution in [2.24, 2.45) is 0 Å². The van der Waals surface area contributed by atoms with Gasteiger partial charge in [0.05, 0.1) is 5.69 Å². The van der Waals surface area contributed by atoms with Crippen molar-refractivity contribution in [3.8, 4) is 6.07 Å². The zero-order valence-electron chi connectivity index (χ0n) is 12.0. The number of hydrogen-bond acceptors (Lipinski definition) is 7. The summed E-state index contributed by atoms with van der Waals surface area (Å²) in [5.74, 6) is 0.404. The highest BCUT2D eigenvalue weighted by Gasteiger charge is 2.17. The second kappa shape index (κ2) is 6.07. The number of rotatable bonds is 3. The van der Waals surface area contributed by atoms with Crippen LogP contribution < -0.4 is 10.2 Å². The number of nitriles is 1. The Balaban J connectivity index is 1.73. The molecule has 1 fully saturated rings. The first kappa shape index (κ1) is 14.4. The molecule has 0 spiro atoms. The van der Waals surface area contributed by atoms with Crippen LogP contribution in [0.4, 0.5) is 10.8 Å². The minimum absolute atomic E-state index is 0.220. The average molecular weight is 314 g/mol. The molecule has 0 atom stereocenters. The summed E-state index contributed by atoms with van der Waals surface area (Å²) in [7, 11) is 0. The lowest BCUT2D eigenvalue weighted by molar-refractivity contribution is 0.102. The molecule has 1 aliphatic rings. The van der Waals surface area contributed by atoms with E-state index >= 15 is 0 Å². The molecule has 8 heteroatoms. The number of aryl methyl sites for hydroxylation is 1. The standard InChI is InChI=1S/C14H14N6OS/c1-9-10(8-15)14(22-19-9)16-13(21)11-4-5-12(18-17-11)20-6-2-3-7-20/h4-5H,2-3,6-7H2,1H3,(H,16,21). The lowest BCUT2D eigenvalue weighted by atomic mass is 10.2. The molecule has 112 valence electrons. The third-order valence-electron chi connectivity index (χ3n) is 3.51. The molecule has 3 heterocycles. The van der Waals surface area contributed by atoms with Gasteiger partial charge in [0, 0.05) is 13.1 Å². The summed E-state index contributed by atoms with van der Waals surface area (Å²) in [6.45, 7) is 3.69. The lowest BCUT2D eigenvalue weighted by Gasteiger charge is -2.15. The molecule has 3 rings (SSSR count). The van der Waals surface area contributed by atoms with E-state index in [9.17, 15) is 4.79 Å². The summed E-state index contributed by atoms with van der Waals surface area (Å²) >= 11 is 1.09. The van der Waals surface area contributed by atoms with Crippen LogP contribution in [-0.2, 0) is 0 Å². The fourth-order valence-electron chi connectivity index (χ4n) is 2.32. The third-order valence-corrected chi connectivity index (χ3v) is 4.37. The van der Waals surface area contributed by atoms with E-state index in [-0.39, 0.29) is 11.6 Å². The summed E-state index contributed by atoms with van der Waals surface area (Å²) in [5.41, 5.74) is 1.22. The predicted molar refractivity (Wildman–Crippen MR) is 83.0 cm³/mol. The predicted octanol–water partition coefficient (Wildman–Crippen LogP) is 1.97. The van der Waals surface area contributed by atoms with Gasteiger partial charge in [0.1, 0.15) is 16.6 Å². The van der Waals surface area contributed by atoms with E-state index in [4.69, 9.17) is 5.26 Å². The van der Waals surface area contributed by atoms with Crippen LogP contribution in [0.2, 0.25) is 0 Å². The Hall–Kier alpha value is -2.53. The second-order valence-electron chi connectivity index (χ2n) is 5.01. The molecule has 2 aromatic rings. The molecule has 0 bridgehead atoms. The number of nitrogens with one attached hydrogen (secondary N) is 1. The Morgan fingerprint density at radius 1 is 1.36 bits per heavy atom. The quantitative estimate of drug-likeness (QED) is 0.930. The topological polar surface area (TPSA) is 94.8 Å².